The number of benzene rings is 1. The molecule has 106 valence electrons. The lowest BCUT2D eigenvalue weighted by Gasteiger charge is -2.27. The summed E-state index contributed by atoms with van der Waals surface area (Å²) in [6, 6.07) is 9.05. The van der Waals surface area contributed by atoms with Crippen molar-refractivity contribution in [3.05, 3.63) is 53.5 Å². The molecule has 2 aromatic heterocycles. The van der Waals surface area contributed by atoms with Crippen LogP contribution in [0.2, 0.25) is 0 Å². The number of aromatic amines is 1. The summed E-state index contributed by atoms with van der Waals surface area (Å²) in [6.07, 6.45) is 7.15. The van der Waals surface area contributed by atoms with E-state index in [1.807, 2.05) is 6.20 Å². The molecule has 21 heavy (non-hydrogen) atoms. The van der Waals surface area contributed by atoms with Crippen LogP contribution in [0.25, 0.3) is 11.0 Å². The molecular weight excluding hydrogens is 260 g/mol. The van der Waals surface area contributed by atoms with E-state index in [0.717, 1.165) is 23.3 Å². The molecule has 4 rings (SSSR count). The second kappa shape index (κ2) is 4.88. The fourth-order valence-corrected chi connectivity index (χ4v) is 3.30. The zero-order chi connectivity index (χ0) is 14.2. The second-order valence-corrected chi connectivity index (χ2v) is 5.71. The minimum atomic E-state index is 0.336. The Balaban J connectivity index is 1.75. The van der Waals surface area contributed by atoms with Gasteiger partial charge in [0, 0.05) is 6.20 Å². The Bertz CT molecular complexity index is 790. The number of H-pyrrole nitrogens is 1. The maximum Gasteiger partial charge on any atom is 0.143 e. The molecule has 1 aliphatic carbocycles. The molecule has 2 heterocycles. The normalized spacial score (nSPS) is 17.7. The number of aryl methyl sites for hydroxylation is 2. The summed E-state index contributed by atoms with van der Waals surface area (Å²) in [7, 11) is 0. The largest absolute Gasteiger partial charge is 0.363 e. The van der Waals surface area contributed by atoms with Crippen LogP contribution in [0.3, 0.4) is 0 Å². The minimum Gasteiger partial charge on any atom is -0.363 e. The Labute approximate surface area is 123 Å². The molecule has 0 saturated carbocycles. The lowest BCUT2D eigenvalue weighted by atomic mass is 9.88. The first-order valence-electron chi connectivity index (χ1n) is 7.46. The highest BCUT2D eigenvalue weighted by molar-refractivity contribution is 5.90. The van der Waals surface area contributed by atoms with E-state index in [9.17, 15) is 0 Å². The van der Waals surface area contributed by atoms with E-state index in [0.29, 0.717) is 6.04 Å². The Hall–Kier alpha value is -2.36. The average molecular weight is 278 g/mol. The molecule has 1 unspecified atom stereocenters. The third-order valence-corrected chi connectivity index (χ3v) is 4.35. The van der Waals surface area contributed by atoms with Gasteiger partial charge in [0.05, 0.1) is 11.4 Å². The summed E-state index contributed by atoms with van der Waals surface area (Å²) >= 11 is 0. The average Bonchev–Trinajstić information content (AvgIpc) is 2.90. The Morgan fingerprint density at radius 1 is 1.24 bits per heavy atom. The Morgan fingerprint density at radius 3 is 3.10 bits per heavy atom. The van der Waals surface area contributed by atoms with Gasteiger partial charge in [-0.25, -0.2) is 9.97 Å². The standard InChI is InChI=1S/C17H18N4/c1-11-9-18-16-15(11)17(20-10-19-16)21-14-8-4-6-12-5-2-3-7-13(12)14/h2-3,5,7,9-10,14H,4,6,8H2,1H3,(H2,18,19,20,21). The summed E-state index contributed by atoms with van der Waals surface area (Å²) in [6.45, 7) is 2.09. The second-order valence-electron chi connectivity index (χ2n) is 5.71. The van der Waals surface area contributed by atoms with Gasteiger partial charge < -0.3 is 10.3 Å². The van der Waals surface area contributed by atoms with Gasteiger partial charge in [-0.05, 0) is 42.9 Å². The van der Waals surface area contributed by atoms with E-state index in [2.05, 4.69) is 51.5 Å². The number of fused-ring (bicyclic) bond motifs is 2. The van der Waals surface area contributed by atoms with Crippen LogP contribution in [-0.2, 0) is 6.42 Å². The van der Waals surface area contributed by atoms with Crippen molar-refractivity contribution in [2.75, 3.05) is 5.32 Å². The summed E-state index contributed by atoms with van der Waals surface area (Å²) in [5.74, 6) is 0.931. The van der Waals surface area contributed by atoms with Crippen molar-refractivity contribution in [3.8, 4) is 0 Å². The summed E-state index contributed by atoms with van der Waals surface area (Å²) in [5, 5.41) is 4.73. The van der Waals surface area contributed by atoms with Gasteiger partial charge >= 0.3 is 0 Å². The molecular formula is C17H18N4. The lowest BCUT2D eigenvalue weighted by Crippen LogP contribution is -2.18. The molecule has 4 heteroatoms. The van der Waals surface area contributed by atoms with Gasteiger partial charge in [-0.3, -0.25) is 0 Å². The van der Waals surface area contributed by atoms with E-state index >= 15 is 0 Å². The molecule has 4 nitrogen and oxygen atoms in total. The van der Waals surface area contributed by atoms with Crippen LogP contribution in [-0.4, -0.2) is 15.0 Å². The lowest BCUT2D eigenvalue weighted by molar-refractivity contribution is 0.599. The molecule has 0 aliphatic heterocycles. The number of hydrogen-bond donors (Lipinski definition) is 2. The van der Waals surface area contributed by atoms with Crippen LogP contribution < -0.4 is 5.32 Å². The molecule has 1 atom stereocenters. The van der Waals surface area contributed by atoms with Crippen LogP contribution in [0.4, 0.5) is 5.82 Å². The quantitative estimate of drug-likeness (QED) is 0.750. The molecule has 0 bridgehead atoms. The maximum absolute atomic E-state index is 4.46. The third-order valence-electron chi connectivity index (χ3n) is 4.35. The van der Waals surface area contributed by atoms with Crippen LogP contribution in [0.1, 0.15) is 35.6 Å². The Morgan fingerprint density at radius 2 is 2.14 bits per heavy atom. The number of aromatic nitrogens is 3. The molecule has 0 saturated heterocycles. The molecule has 0 amide bonds. The van der Waals surface area contributed by atoms with E-state index in [1.165, 1.54) is 29.5 Å². The van der Waals surface area contributed by atoms with E-state index in [-0.39, 0.29) is 0 Å². The molecule has 3 aromatic rings. The highest BCUT2D eigenvalue weighted by Crippen LogP contribution is 2.33. The first-order valence-corrected chi connectivity index (χ1v) is 7.46. The molecule has 1 aliphatic rings. The molecule has 0 radical (unpaired) electrons. The van der Waals surface area contributed by atoms with Gasteiger partial charge in [0.15, 0.2) is 0 Å². The smallest absolute Gasteiger partial charge is 0.143 e. The monoisotopic (exact) mass is 278 g/mol. The van der Waals surface area contributed by atoms with Gasteiger partial charge in [-0.2, -0.15) is 0 Å². The fraction of sp³-hybridized carbons (Fsp3) is 0.294. The third kappa shape index (κ3) is 2.07. The zero-order valence-electron chi connectivity index (χ0n) is 12.1. The van der Waals surface area contributed by atoms with Crippen molar-refractivity contribution in [1.82, 2.24) is 15.0 Å². The highest BCUT2D eigenvalue weighted by Gasteiger charge is 2.21. The van der Waals surface area contributed by atoms with Crippen molar-refractivity contribution >= 4 is 16.9 Å². The molecule has 0 spiro atoms. The van der Waals surface area contributed by atoms with Gasteiger partial charge in [-0.15, -0.1) is 0 Å². The van der Waals surface area contributed by atoms with Crippen molar-refractivity contribution in [2.45, 2.75) is 32.2 Å². The Kier molecular flexibility index (Phi) is 2.88. The van der Waals surface area contributed by atoms with E-state index < -0.39 is 0 Å². The molecule has 0 fully saturated rings. The summed E-state index contributed by atoms with van der Waals surface area (Å²) < 4.78 is 0. The van der Waals surface area contributed by atoms with Crippen LogP contribution in [0, 0.1) is 6.92 Å². The number of hydrogen-bond acceptors (Lipinski definition) is 3. The van der Waals surface area contributed by atoms with Gasteiger partial charge in [-0.1, -0.05) is 24.3 Å². The van der Waals surface area contributed by atoms with E-state index in [4.69, 9.17) is 0 Å². The van der Waals surface area contributed by atoms with Crippen molar-refractivity contribution < 1.29 is 0 Å². The molecule has 2 N–H and O–H groups in total. The predicted molar refractivity (Wildman–Crippen MR) is 84.4 cm³/mol. The van der Waals surface area contributed by atoms with Crippen molar-refractivity contribution in [2.24, 2.45) is 0 Å². The summed E-state index contributed by atoms with van der Waals surface area (Å²) in [4.78, 5) is 12.0. The summed E-state index contributed by atoms with van der Waals surface area (Å²) in [5.41, 5.74) is 4.94. The van der Waals surface area contributed by atoms with Gasteiger partial charge in [0.25, 0.3) is 0 Å². The topological polar surface area (TPSA) is 53.6 Å². The first kappa shape index (κ1) is 12.4. The minimum absolute atomic E-state index is 0.336. The number of anilines is 1. The van der Waals surface area contributed by atoms with Crippen LogP contribution >= 0.6 is 0 Å². The highest BCUT2D eigenvalue weighted by atomic mass is 15.1. The zero-order valence-corrected chi connectivity index (χ0v) is 12.1. The fourth-order valence-electron chi connectivity index (χ4n) is 3.30. The first-order chi connectivity index (χ1) is 10.3. The maximum atomic E-state index is 4.46. The number of nitrogens with zero attached hydrogens (tertiary/aromatic N) is 2. The van der Waals surface area contributed by atoms with E-state index in [1.54, 1.807) is 6.33 Å². The number of rotatable bonds is 2. The number of nitrogens with one attached hydrogen (secondary N) is 2. The SMILES string of the molecule is Cc1c[nH]c2ncnc(NC3CCCc4ccccc43)c12. The molecule has 1 aromatic carbocycles. The van der Waals surface area contributed by atoms with Crippen molar-refractivity contribution in [1.29, 1.82) is 0 Å². The predicted octanol–water partition coefficient (Wildman–Crippen LogP) is 3.76. The van der Waals surface area contributed by atoms with Gasteiger partial charge in [0.1, 0.15) is 17.8 Å². The van der Waals surface area contributed by atoms with Crippen LogP contribution in [0.15, 0.2) is 36.8 Å². The van der Waals surface area contributed by atoms with Crippen LogP contribution in [0.5, 0.6) is 0 Å². The van der Waals surface area contributed by atoms with Crippen molar-refractivity contribution in [3.63, 3.8) is 0 Å². The van der Waals surface area contributed by atoms with Gasteiger partial charge in [0.2, 0.25) is 0 Å².